The molecule has 0 N–H and O–H groups in total. The van der Waals surface area contributed by atoms with Crippen molar-refractivity contribution in [2.24, 2.45) is 0 Å². The molecular weight excluding hydrogens is 727 g/mol. The van der Waals surface area contributed by atoms with Crippen LogP contribution in [-0.2, 0) is 0 Å². The molecule has 0 fully saturated rings. The minimum atomic E-state index is 1.11. The van der Waals surface area contributed by atoms with E-state index >= 15 is 0 Å². The van der Waals surface area contributed by atoms with Gasteiger partial charge in [-0.25, -0.2) is 0 Å². The second-order valence-electron chi connectivity index (χ2n) is 14.5. The van der Waals surface area contributed by atoms with Crippen molar-refractivity contribution in [3.63, 3.8) is 0 Å². The number of hydrogen-bond donors (Lipinski definition) is 0. The SMILES string of the molecule is c1ccc(-c2ccc(-c3ccc(N(c4ccc(-c5cccc6c5sc5ccccc56)cc4)c4c(-c5ccccc5)ccc5c4sc4ccccc45)cc3)cc2)cc1. The van der Waals surface area contributed by atoms with E-state index in [0.29, 0.717) is 0 Å². The van der Waals surface area contributed by atoms with Gasteiger partial charge in [-0.05, 0) is 75.3 Å². The van der Waals surface area contributed by atoms with Gasteiger partial charge in [0.1, 0.15) is 0 Å². The highest BCUT2D eigenvalue weighted by Crippen LogP contribution is 2.50. The molecule has 0 aliphatic heterocycles. The molecule has 0 bridgehead atoms. The molecule has 1 nitrogen and oxygen atoms in total. The predicted octanol–water partition coefficient (Wildman–Crippen LogP) is 16.6. The fourth-order valence-corrected chi connectivity index (χ4v) is 10.8. The van der Waals surface area contributed by atoms with Crippen molar-refractivity contribution in [3.8, 4) is 44.5 Å². The standard InChI is InChI=1S/C54H35NS2/c1-3-12-36(13-4-1)37-22-24-38(25-23-37)39-26-30-42(31-27-39)55(43-32-28-41(29-33-43)45-18-11-19-48-46-16-7-9-20-50(46)56-53(45)48)52-44(40-14-5-2-6-15-40)34-35-49-47-17-8-10-21-51(47)57-54(49)52/h1-35H. The third-order valence-electron chi connectivity index (χ3n) is 11.1. The van der Waals surface area contributed by atoms with Gasteiger partial charge >= 0.3 is 0 Å². The van der Waals surface area contributed by atoms with Crippen LogP contribution in [0.5, 0.6) is 0 Å². The van der Waals surface area contributed by atoms with Gasteiger partial charge in [0, 0.05) is 52.6 Å². The lowest BCUT2D eigenvalue weighted by molar-refractivity contribution is 1.30. The van der Waals surface area contributed by atoms with Gasteiger partial charge < -0.3 is 4.90 Å². The Hall–Kier alpha value is -6.78. The minimum Gasteiger partial charge on any atom is -0.308 e. The fraction of sp³-hybridized carbons (Fsp3) is 0. The molecule has 9 aromatic carbocycles. The summed E-state index contributed by atoms with van der Waals surface area (Å²) in [5, 5.41) is 5.21. The molecule has 0 amide bonds. The van der Waals surface area contributed by atoms with Crippen LogP contribution in [0.3, 0.4) is 0 Å². The van der Waals surface area contributed by atoms with Gasteiger partial charge in [0.25, 0.3) is 0 Å². The van der Waals surface area contributed by atoms with E-state index in [0.717, 1.165) is 11.4 Å². The Labute approximate surface area is 340 Å². The van der Waals surface area contributed by atoms with Gasteiger partial charge in [-0.1, -0.05) is 176 Å². The summed E-state index contributed by atoms with van der Waals surface area (Å²) in [4.78, 5) is 2.48. The van der Waals surface area contributed by atoms with Crippen LogP contribution in [0.1, 0.15) is 0 Å². The molecule has 0 spiro atoms. The van der Waals surface area contributed by atoms with Gasteiger partial charge in [0.15, 0.2) is 0 Å². The van der Waals surface area contributed by atoms with Crippen LogP contribution in [-0.4, -0.2) is 0 Å². The van der Waals surface area contributed by atoms with E-state index in [2.05, 4.69) is 217 Å². The fourth-order valence-electron chi connectivity index (χ4n) is 8.31. The van der Waals surface area contributed by atoms with Crippen molar-refractivity contribution >= 4 is 80.1 Å². The molecule has 3 heteroatoms. The third kappa shape index (κ3) is 5.91. The second kappa shape index (κ2) is 14.1. The van der Waals surface area contributed by atoms with Crippen LogP contribution >= 0.6 is 22.7 Å². The Balaban J connectivity index is 1.08. The highest BCUT2D eigenvalue weighted by molar-refractivity contribution is 7.26. The average molecular weight is 762 g/mol. The Kier molecular flexibility index (Phi) is 8.28. The van der Waals surface area contributed by atoms with Gasteiger partial charge in [-0.2, -0.15) is 0 Å². The highest BCUT2D eigenvalue weighted by atomic mass is 32.1. The molecule has 0 aliphatic carbocycles. The summed E-state index contributed by atoms with van der Waals surface area (Å²) in [5.41, 5.74) is 13.1. The first-order valence-electron chi connectivity index (χ1n) is 19.3. The molecule has 11 rings (SSSR count). The summed E-state index contributed by atoms with van der Waals surface area (Å²) in [6, 6.07) is 77.5. The van der Waals surface area contributed by atoms with E-state index in [1.807, 2.05) is 22.7 Å². The van der Waals surface area contributed by atoms with Crippen molar-refractivity contribution in [3.05, 3.63) is 212 Å². The van der Waals surface area contributed by atoms with E-state index in [-0.39, 0.29) is 0 Å². The Morgan fingerprint density at radius 2 is 0.684 bits per heavy atom. The molecule has 0 atom stereocenters. The molecular formula is C54H35NS2. The lowest BCUT2D eigenvalue weighted by Gasteiger charge is -2.29. The Bertz CT molecular complexity index is 3200. The lowest BCUT2D eigenvalue weighted by Crippen LogP contribution is -2.11. The number of benzene rings is 9. The summed E-state index contributed by atoms with van der Waals surface area (Å²) in [7, 11) is 0. The minimum absolute atomic E-state index is 1.11. The number of anilines is 3. The third-order valence-corrected chi connectivity index (χ3v) is 13.5. The number of rotatable bonds is 7. The van der Waals surface area contributed by atoms with Crippen LogP contribution in [0.25, 0.3) is 84.9 Å². The summed E-state index contributed by atoms with van der Waals surface area (Å²) >= 11 is 3.76. The van der Waals surface area contributed by atoms with Crippen LogP contribution < -0.4 is 4.90 Å². The van der Waals surface area contributed by atoms with Crippen molar-refractivity contribution < 1.29 is 0 Å². The number of hydrogen-bond acceptors (Lipinski definition) is 3. The van der Waals surface area contributed by atoms with Crippen LogP contribution in [0.15, 0.2) is 212 Å². The normalized spacial score (nSPS) is 11.5. The molecule has 0 saturated carbocycles. The van der Waals surface area contributed by atoms with E-state index in [1.165, 1.54) is 90.5 Å². The van der Waals surface area contributed by atoms with Crippen molar-refractivity contribution in [1.29, 1.82) is 0 Å². The summed E-state index contributed by atoms with van der Waals surface area (Å²) < 4.78 is 5.22. The van der Waals surface area contributed by atoms with Gasteiger partial charge in [-0.15, -0.1) is 22.7 Å². The smallest absolute Gasteiger partial charge is 0.0718 e. The molecule has 2 heterocycles. The molecule has 2 aromatic heterocycles. The highest BCUT2D eigenvalue weighted by Gasteiger charge is 2.23. The molecule has 0 saturated heterocycles. The quantitative estimate of drug-likeness (QED) is 0.156. The van der Waals surface area contributed by atoms with Gasteiger partial charge in [-0.3, -0.25) is 0 Å². The number of nitrogens with zero attached hydrogens (tertiary/aromatic N) is 1. The molecule has 0 aliphatic rings. The van der Waals surface area contributed by atoms with Gasteiger partial charge in [0.05, 0.1) is 10.4 Å². The maximum atomic E-state index is 2.48. The second-order valence-corrected chi connectivity index (χ2v) is 16.6. The van der Waals surface area contributed by atoms with Crippen molar-refractivity contribution in [2.45, 2.75) is 0 Å². The van der Waals surface area contributed by atoms with E-state index in [9.17, 15) is 0 Å². The topological polar surface area (TPSA) is 3.24 Å². The molecule has 268 valence electrons. The van der Waals surface area contributed by atoms with Crippen LogP contribution in [0.2, 0.25) is 0 Å². The van der Waals surface area contributed by atoms with Crippen molar-refractivity contribution in [1.82, 2.24) is 0 Å². The summed E-state index contributed by atoms with van der Waals surface area (Å²) in [6.45, 7) is 0. The van der Waals surface area contributed by atoms with E-state index < -0.39 is 0 Å². The first-order chi connectivity index (χ1) is 28.3. The molecule has 57 heavy (non-hydrogen) atoms. The monoisotopic (exact) mass is 761 g/mol. The average Bonchev–Trinajstić information content (AvgIpc) is 3.87. The first kappa shape index (κ1) is 33.5. The summed E-state index contributed by atoms with van der Waals surface area (Å²) in [5.74, 6) is 0. The largest absolute Gasteiger partial charge is 0.308 e. The first-order valence-corrected chi connectivity index (χ1v) is 21.0. The zero-order chi connectivity index (χ0) is 37.7. The number of thiophene rings is 2. The van der Waals surface area contributed by atoms with E-state index in [4.69, 9.17) is 0 Å². The van der Waals surface area contributed by atoms with Crippen molar-refractivity contribution in [2.75, 3.05) is 4.90 Å². The van der Waals surface area contributed by atoms with Crippen LogP contribution in [0.4, 0.5) is 17.1 Å². The Morgan fingerprint density at radius 1 is 0.263 bits per heavy atom. The van der Waals surface area contributed by atoms with Gasteiger partial charge in [0.2, 0.25) is 0 Å². The Morgan fingerprint density at radius 3 is 1.28 bits per heavy atom. The molecule has 0 radical (unpaired) electrons. The maximum Gasteiger partial charge on any atom is 0.0718 e. The molecule has 11 aromatic rings. The zero-order valence-corrected chi connectivity index (χ0v) is 32.6. The zero-order valence-electron chi connectivity index (χ0n) is 31.0. The summed E-state index contributed by atoms with van der Waals surface area (Å²) in [6.07, 6.45) is 0. The van der Waals surface area contributed by atoms with Crippen LogP contribution in [0, 0.1) is 0 Å². The predicted molar refractivity (Wildman–Crippen MR) is 249 cm³/mol. The van der Waals surface area contributed by atoms with E-state index in [1.54, 1.807) is 0 Å². The number of fused-ring (bicyclic) bond motifs is 6. The molecule has 0 unspecified atom stereocenters. The maximum absolute atomic E-state index is 2.48. The lowest BCUT2D eigenvalue weighted by atomic mass is 9.98.